The molecule has 5 rings (SSSR count). The number of nitrogens with zero attached hydrogens (tertiary/aromatic N) is 3. The van der Waals surface area contributed by atoms with Crippen molar-refractivity contribution in [2.75, 3.05) is 57.8 Å². The summed E-state index contributed by atoms with van der Waals surface area (Å²) in [6.07, 6.45) is 1.88. The van der Waals surface area contributed by atoms with Crippen molar-refractivity contribution in [3.63, 3.8) is 0 Å². The zero-order chi connectivity index (χ0) is 28.9. The third-order valence-corrected chi connectivity index (χ3v) is 8.99. The van der Waals surface area contributed by atoms with Gasteiger partial charge in [-0.15, -0.1) is 0 Å². The average molecular weight is 613 g/mol. The van der Waals surface area contributed by atoms with E-state index in [1.54, 1.807) is 7.05 Å². The smallest absolute Gasteiger partial charge is 0.236 e. The Kier molecular flexibility index (Phi) is 9.80. The number of hydrogen-bond acceptors (Lipinski definition) is 6. The summed E-state index contributed by atoms with van der Waals surface area (Å²) in [6, 6.07) is 23.4. The fourth-order valence-corrected chi connectivity index (χ4v) is 6.44. The highest BCUT2D eigenvalue weighted by molar-refractivity contribution is 7.79. The highest BCUT2D eigenvalue weighted by Crippen LogP contribution is 2.37. The van der Waals surface area contributed by atoms with E-state index in [-0.39, 0.29) is 11.9 Å². The number of amides is 1. The van der Waals surface area contributed by atoms with E-state index in [9.17, 15) is 13.6 Å². The Balaban J connectivity index is 1.30. The summed E-state index contributed by atoms with van der Waals surface area (Å²) in [6.45, 7) is 4.35. The van der Waals surface area contributed by atoms with Crippen LogP contribution in [0.25, 0.3) is 0 Å². The van der Waals surface area contributed by atoms with Crippen molar-refractivity contribution in [2.24, 2.45) is 0 Å². The maximum absolute atomic E-state index is 12.4. The second kappa shape index (κ2) is 13.5. The van der Waals surface area contributed by atoms with Crippen LogP contribution >= 0.6 is 23.2 Å². The molecule has 1 amide bonds. The maximum Gasteiger partial charge on any atom is 0.236 e. The fourth-order valence-electron chi connectivity index (χ4n) is 5.52. The Bertz CT molecular complexity index is 1360. The number of hydrogen-bond donors (Lipinski definition) is 1. The third-order valence-electron chi connectivity index (χ3n) is 7.67. The van der Waals surface area contributed by atoms with Crippen LogP contribution in [0.3, 0.4) is 0 Å². The largest absolute Gasteiger partial charge is 0.772 e. The van der Waals surface area contributed by atoms with Crippen LogP contribution in [0.15, 0.2) is 84.4 Å². The Labute approximate surface area is 254 Å². The number of likely N-dealkylation sites (tertiary alicyclic amines) is 1. The van der Waals surface area contributed by atoms with Crippen molar-refractivity contribution in [3.8, 4) is 0 Å². The van der Waals surface area contributed by atoms with Crippen LogP contribution in [0.2, 0.25) is 10.0 Å². The van der Waals surface area contributed by atoms with Crippen molar-refractivity contribution in [1.82, 2.24) is 15.1 Å². The third kappa shape index (κ3) is 7.20. The topological polar surface area (TPSA) is 79.0 Å². The quantitative estimate of drug-likeness (QED) is 0.276. The molecule has 216 valence electrons. The van der Waals surface area contributed by atoms with Gasteiger partial charge in [0.05, 0.1) is 17.8 Å². The van der Waals surface area contributed by atoms with Gasteiger partial charge in [-0.3, -0.25) is 13.9 Å². The van der Waals surface area contributed by atoms with Gasteiger partial charge in [0, 0.05) is 55.0 Å². The summed E-state index contributed by atoms with van der Waals surface area (Å²) in [5.74, 6) is 0.0956. The molecule has 0 radical (unpaired) electrons. The molecule has 41 heavy (non-hydrogen) atoms. The standard InChI is InChI=1S/C31H34Cl2N4O3S/c1-34-19-30(38)36-15-13-35(14-16-36)28-4-2-3-25(18-28)29(41(39)40)17-22-20-37(21-22)31(23-5-9-26(32)10-6-23)24-7-11-27(33)12-8-24/h2-12,17-18,29,31,34H,13-16,19-21H2,1H3,(H,39,40)/p-1. The van der Waals surface area contributed by atoms with E-state index < -0.39 is 16.3 Å². The van der Waals surface area contributed by atoms with Crippen LogP contribution in [0, 0.1) is 0 Å². The van der Waals surface area contributed by atoms with Gasteiger partial charge in [0.25, 0.3) is 0 Å². The summed E-state index contributed by atoms with van der Waals surface area (Å²) in [7, 11) is 1.77. The number of carbonyl (C=O) groups excluding carboxylic acids is 1. The van der Waals surface area contributed by atoms with Gasteiger partial charge in [0.1, 0.15) is 0 Å². The van der Waals surface area contributed by atoms with Gasteiger partial charge < -0.3 is 19.7 Å². The lowest BCUT2D eigenvalue weighted by Crippen LogP contribution is -2.50. The number of nitrogens with one attached hydrogen (secondary N) is 1. The van der Waals surface area contributed by atoms with Crippen molar-refractivity contribution in [1.29, 1.82) is 0 Å². The SMILES string of the molecule is CNCC(=O)N1CCN(c2cccc(C(C=C3CN(C(c4ccc(Cl)cc4)c4ccc(Cl)cc4)C3)S(=O)[O-])c2)CC1. The summed E-state index contributed by atoms with van der Waals surface area (Å²) in [5, 5.41) is 3.53. The first kappa shape index (κ1) is 29.8. The normalized spacial score (nSPS) is 17.3. The van der Waals surface area contributed by atoms with E-state index in [4.69, 9.17) is 23.2 Å². The monoisotopic (exact) mass is 611 g/mol. The van der Waals surface area contributed by atoms with Crippen LogP contribution in [0.5, 0.6) is 0 Å². The number of halogens is 2. The van der Waals surface area contributed by atoms with Crippen molar-refractivity contribution in [3.05, 3.63) is 111 Å². The molecule has 0 aromatic heterocycles. The van der Waals surface area contributed by atoms with Gasteiger partial charge in [-0.2, -0.15) is 0 Å². The number of piperazine rings is 1. The van der Waals surface area contributed by atoms with Gasteiger partial charge in [-0.1, -0.05) is 65.7 Å². The van der Waals surface area contributed by atoms with E-state index in [0.29, 0.717) is 55.9 Å². The van der Waals surface area contributed by atoms with Gasteiger partial charge in [-0.05, 0) is 76.8 Å². The molecule has 3 aromatic carbocycles. The molecule has 2 aliphatic heterocycles. The number of rotatable bonds is 9. The lowest BCUT2D eigenvalue weighted by molar-refractivity contribution is -0.130. The molecule has 0 spiro atoms. The van der Waals surface area contributed by atoms with Gasteiger partial charge in [0.2, 0.25) is 5.91 Å². The van der Waals surface area contributed by atoms with E-state index >= 15 is 0 Å². The molecule has 3 aromatic rings. The number of anilines is 1. The molecular weight excluding hydrogens is 579 g/mol. The molecule has 10 heteroatoms. The Hall–Kier alpha value is -2.72. The second-order valence-corrected chi connectivity index (χ2v) is 12.3. The van der Waals surface area contributed by atoms with E-state index in [2.05, 4.69) is 15.1 Å². The molecule has 2 aliphatic rings. The molecule has 7 nitrogen and oxygen atoms in total. The van der Waals surface area contributed by atoms with E-state index in [0.717, 1.165) is 28.0 Å². The van der Waals surface area contributed by atoms with Crippen molar-refractivity contribution < 1.29 is 13.6 Å². The maximum atomic E-state index is 12.4. The minimum atomic E-state index is -2.32. The zero-order valence-corrected chi connectivity index (χ0v) is 25.2. The minimum absolute atomic E-state index is 0.000124. The van der Waals surface area contributed by atoms with Crippen LogP contribution in [0.1, 0.15) is 28.0 Å². The molecule has 2 fully saturated rings. The Morgan fingerprint density at radius 1 is 0.927 bits per heavy atom. The predicted octanol–water partition coefficient (Wildman–Crippen LogP) is 4.81. The van der Waals surface area contributed by atoms with Gasteiger partial charge >= 0.3 is 0 Å². The highest BCUT2D eigenvalue weighted by atomic mass is 35.5. The molecule has 2 unspecified atom stereocenters. The molecule has 1 N–H and O–H groups in total. The van der Waals surface area contributed by atoms with E-state index in [1.165, 1.54) is 0 Å². The van der Waals surface area contributed by atoms with Gasteiger partial charge in [0.15, 0.2) is 0 Å². The molecule has 0 aliphatic carbocycles. The van der Waals surface area contributed by atoms with Crippen LogP contribution in [-0.2, 0) is 15.9 Å². The predicted molar refractivity (Wildman–Crippen MR) is 165 cm³/mol. The fraction of sp³-hybridized carbons (Fsp3) is 0.323. The lowest BCUT2D eigenvalue weighted by atomic mass is 9.92. The number of likely N-dealkylation sites (N-methyl/N-ethyl adjacent to an activating group) is 1. The van der Waals surface area contributed by atoms with Crippen LogP contribution < -0.4 is 10.2 Å². The molecule has 2 atom stereocenters. The second-order valence-electron chi connectivity index (χ2n) is 10.4. The average Bonchev–Trinajstić information content (AvgIpc) is 2.96. The van der Waals surface area contributed by atoms with E-state index in [1.807, 2.05) is 83.8 Å². The van der Waals surface area contributed by atoms with Gasteiger partial charge in [-0.25, -0.2) is 0 Å². The minimum Gasteiger partial charge on any atom is -0.772 e. The van der Waals surface area contributed by atoms with Crippen LogP contribution in [0.4, 0.5) is 5.69 Å². The number of benzene rings is 3. The summed E-state index contributed by atoms with van der Waals surface area (Å²) in [4.78, 5) is 18.6. The number of carbonyl (C=O) groups is 1. The summed E-state index contributed by atoms with van der Waals surface area (Å²) < 4.78 is 24.8. The summed E-state index contributed by atoms with van der Waals surface area (Å²) in [5.41, 5.74) is 5.01. The Morgan fingerprint density at radius 3 is 2.05 bits per heavy atom. The van der Waals surface area contributed by atoms with Crippen molar-refractivity contribution >= 4 is 45.9 Å². The molecule has 2 heterocycles. The molecule has 0 saturated carbocycles. The highest BCUT2D eigenvalue weighted by Gasteiger charge is 2.31. The molecule has 0 bridgehead atoms. The molecule has 2 saturated heterocycles. The molecular formula is C31H33Cl2N4O3S-. The zero-order valence-electron chi connectivity index (χ0n) is 22.8. The van der Waals surface area contributed by atoms with Crippen molar-refractivity contribution in [2.45, 2.75) is 11.3 Å². The van der Waals surface area contributed by atoms with Crippen LogP contribution in [-0.4, -0.2) is 77.3 Å². The Morgan fingerprint density at radius 2 is 1.51 bits per heavy atom. The first-order chi connectivity index (χ1) is 19.8. The first-order valence-corrected chi connectivity index (χ1v) is 15.5. The summed E-state index contributed by atoms with van der Waals surface area (Å²) >= 11 is 9.98. The first-order valence-electron chi connectivity index (χ1n) is 13.6. The lowest BCUT2D eigenvalue weighted by Gasteiger charge is -2.42.